The lowest BCUT2D eigenvalue weighted by atomic mass is 10.1. The second-order valence-electron chi connectivity index (χ2n) is 8.65. The van der Waals surface area contributed by atoms with Gasteiger partial charge in [0.2, 0.25) is 0 Å². The molecule has 0 radical (unpaired) electrons. The lowest BCUT2D eigenvalue weighted by Gasteiger charge is -2.09. The van der Waals surface area contributed by atoms with E-state index >= 15 is 0 Å². The van der Waals surface area contributed by atoms with Crippen molar-refractivity contribution in [1.82, 2.24) is 9.78 Å². The Hall–Kier alpha value is -2.89. The fourth-order valence-corrected chi connectivity index (χ4v) is 5.68. The normalized spacial score (nSPS) is 11.6. The third-order valence-electron chi connectivity index (χ3n) is 5.76. The molecular weight excluding hydrogens is 535 g/mol. The second kappa shape index (κ2) is 11.7. The summed E-state index contributed by atoms with van der Waals surface area (Å²) in [4.78, 5) is 3.28. The molecular formula is C31H24Cl2N2S2. The van der Waals surface area contributed by atoms with Gasteiger partial charge in [-0.25, -0.2) is 4.68 Å². The van der Waals surface area contributed by atoms with Crippen molar-refractivity contribution in [3.05, 3.63) is 135 Å². The molecule has 0 aliphatic rings. The zero-order chi connectivity index (χ0) is 25.8. The molecule has 2 nitrogen and oxygen atoms in total. The third-order valence-corrected chi connectivity index (χ3v) is 8.18. The van der Waals surface area contributed by atoms with E-state index in [1.165, 1.54) is 11.1 Å². The zero-order valence-electron chi connectivity index (χ0n) is 20.4. The van der Waals surface area contributed by atoms with Crippen molar-refractivity contribution in [2.24, 2.45) is 0 Å². The maximum atomic E-state index is 6.13. The molecule has 184 valence electrons. The number of hydrogen-bond donors (Lipinski definition) is 0. The van der Waals surface area contributed by atoms with E-state index in [-0.39, 0.29) is 0 Å². The minimum absolute atomic E-state index is 0.725. The Morgan fingerprint density at radius 3 is 1.84 bits per heavy atom. The largest absolute Gasteiger partial charge is 0.238 e. The Balaban J connectivity index is 1.60. The van der Waals surface area contributed by atoms with E-state index in [0.29, 0.717) is 0 Å². The van der Waals surface area contributed by atoms with Crippen LogP contribution >= 0.6 is 46.7 Å². The molecule has 37 heavy (non-hydrogen) atoms. The quantitative estimate of drug-likeness (QED) is 0.185. The van der Waals surface area contributed by atoms with Gasteiger partial charge in [0.1, 0.15) is 5.69 Å². The maximum absolute atomic E-state index is 6.13. The van der Waals surface area contributed by atoms with Crippen molar-refractivity contribution in [2.45, 2.75) is 28.5 Å². The molecule has 1 aromatic heterocycles. The lowest BCUT2D eigenvalue weighted by Crippen LogP contribution is -2.00. The van der Waals surface area contributed by atoms with Crippen LogP contribution in [0.3, 0.4) is 0 Å². The van der Waals surface area contributed by atoms with Crippen LogP contribution in [0.5, 0.6) is 0 Å². The third kappa shape index (κ3) is 6.52. The van der Waals surface area contributed by atoms with E-state index in [9.17, 15) is 0 Å². The topological polar surface area (TPSA) is 17.8 Å². The summed E-state index contributed by atoms with van der Waals surface area (Å²) < 4.78 is 1.99. The molecule has 0 atom stereocenters. The highest BCUT2D eigenvalue weighted by Gasteiger charge is 2.16. The van der Waals surface area contributed by atoms with Crippen molar-refractivity contribution in [3.63, 3.8) is 0 Å². The fourth-order valence-electron chi connectivity index (χ4n) is 3.71. The molecule has 0 unspecified atom stereocenters. The summed E-state index contributed by atoms with van der Waals surface area (Å²) in [7, 11) is 0. The highest BCUT2D eigenvalue weighted by molar-refractivity contribution is 8.02. The number of hydrogen-bond acceptors (Lipinski definition) is 3. The van der Waals surface area contributed by atoms with E-state index in [4.69, 9.17) is 28.3 Å². The van der Waals surface area contributed by atoms with Crippen molar-refractivity contribution >= 4 is 52.4 Å². The molecule has 0 amide bonds. The summed E-state index contributed by atoms with van der Waals surface area (Å²) in [5.74, 6) is 0. The van der Waals surface area contributed by atoms with E-state index in [1.807, 2.05) is 53.2 Å². The number of aromatic nitrogens is 2. The van der Waals surface area contributed by atoms with Gasteiger partial charge in [0, 0.05) is 42.6 Å². The summed E-state index contributed by atoms with van der Waals surface area (Å²) in [5, 5.41) is 8.72. The minimum Gasteiger partial charge on any atom is -0.238 e. The highest BCUT2D eigenvalue weighted by atomic mass is 35.5. The van der Waals surface area contributed by atoms with Crippen molar-refractivity contribution in [1.29, 1.82) is 0 Å². The van der Waals surface area contributed by atoms with Gasteiger partial charge in [0.05, 0.1) is 10.6 Å². The molecule has 0 aliphatic heterocycles. The van der Waals surface area contributed by atoms with Gasteiger partial charge in [-0.05, 0) is 62.4 Å². The van der Waals surface area contributed by atoms with Crippen LogP contribution in [-0.4, -0.2) is 9.78 Å². The summed E-state index contributed by atoms with van der Waals surface area (Å²) >= 11 is 15.6. The van der Waals surface area contributed by atoms with Crippen LogP contribution in [-0.2, 0) is 0 Å². The summed E-state index contributed by atoms with van der Waals surface area (Å²) in [6, 6.07) is 32.8. The van der Waals surface area contributed by atoms with Gasteiger partial charge in [-0.15, -0.1) is 0 Å². The molecule has 5 rings (SSSR count). The first-order valence-electron chi connectivity index (χ1n) is 11.7. The first-order chi connectivity index (χ1) is 17.9. The van der Waals surface area contributed by atoms with Gasteiger partial charge in [0.25, 0.3) is 0 Å². The molecule has 0 fully saturated rings. The number of benzene rings is 4. The molecule has 0 saturated heterocycles. The van der Waals surface area contributed by atoms with Crippen LogP contribution in [0.4, 0.5) is 0 Å². The smallest absolute Gasteiger partial charge is 0.107 e. The van der Waals surface area contributed by atoms with Crippen LogP contribution in [0.1, 0.15) is 16.7 Å². The van der Waals surface area contributed by atoms with Crippen LogP contribution in [0.25, 0.3) is 17.0 Å². The molecule has 0 N–H and O–H groups in total. The van der Waals surface area contributed by atoms with Gasteiger partial charge in [-0.3, -0.25) is 0 Å². The Kier molecular flexibility index (Phi) is 8.11. The van der Waals surface area contributed by atoms with Gasteiger partial charge in [-0.2, -0.15) is 5.10 Å². The Morgan fingerprint density at radius 2 is 1.24 bits per heavy atom. The standard InChI is InChI=1S/C31H24Cl2N2S2/c1-21-3-7-23(8-4-21)29(20-36-27-15-11-25(32)12-16-27)35-19-30(37-28-17-13-26(33)14-18-28)31(34-35)24-9-5-22(2)6-10-24/h3-20H,1-2H3/b29-20-. The first-order valence-corrected chi connectivity index (χ1v) is 14.2. The monoisotopic (exact) mass is 558 g/mol. The van der Waals surface area contributed by atoms with Gasteiger partial charge < -0.3 is 0 Å². The van der Waals surface area contributed by atoms with Crippen LogP contribution in [0.15, 0.2) is 123 Å². The molecule has 0 saturated carbocycles. The Bertz CT molecular complexity index is 1520. The number of nitrogens with zero attached hydrogens (tertiary/aromatic N) is 2. The summed E-state index contributed by atoms with van der Waals surface area (Å²) in [6.45, 7) is 4.19. The predicted octanol–water partition coefficient (Wildman–Crippen LogP) is 10.3. The highest BCUT2D eigenvalue weighted by Crippen LogP contribution is 2.38. The van der Waals surface area contributed by atoms with Gasteiger partial charge in [-0.1, -0.05) is 106 Å². The van der Waals surface area contributed by atoms with E-state index in [2.05, 4.69) is 74.0 Å². The lowest BCUT2D eigenvalue weighted by molar-refractivity contribution is 0.908. The van der Waals surface area contributed by atoms with Crippen LogP contribution < -0.4 is 0 Å². The number of thioether (sulfide) groups is 1. The molecule has 0 aliphatic carbocycles. The summed E-state index contributed by atoms with van der Waals surface area (Å²) in [5.41, 5.74) is 6.54. The number of halogens is 2. The number of rotatable bonds is 7. The average molecular weight is 560 g/mol. The molecule has 5 aromatic rings. The molecule has 1 heterocycles. The Morgan fingerprint density at radius 1 is 0.703 bits per heavy atom. The minimum atomic E-state index is 0.725. The zero-order valence-corrected chi connectivity index (χ0v) is 23.5. The van der Waals surface area contributed by atoms with Gasteiger partial charge in [0.15, 0.2) is 0 Å². The van der Waals surface area contributed by atoms with Crippen LogP contribution in [0, 0.1) is 13.8 Å². The van der Waals surface area contributed by atoms with E-state index in [0.717, 1.165) is 47.2 Å². The molecule has 0 bridgehead atoms. The maximum Gasteiger partial charge on any atom is 0.107 e. The fraction of sp³-hybridized carbons (Fsp3) is 0.0645. The van der Waals surface area contributed by atoms with Crippen molar-refractivity contribution in [2.75, 3.05) is 0 Å². The van der Waals surface area contributed by atoms with E-state index < -0.39 is 0 Å². The Labute approximate surface area is 236 Å². The second-order valence-corrected chi connectivity index (χ2v) is 11.6. The average Bonchev–Trinajstić information content (AvgIpc) is 3.31. The predicted molar refractivity (Wildman–Crippen MR) is 160 cm³/mol. The molecule has 0 spiro atoms. The molecule has 4 aromatic carbocycles. The number of aryl methyl sites for hydroxylation is 2. The SMILES string of the molecule is Cc1ccc(/C(=C/Sc2ccc(Cl)cc2)n2cc(Sc3ccc(Cl)cc3)c(-c3ccc(C)cc3)n2)cc1. The summed E-state index contributed by atoms with van der Waals surface area (Å²) in [6.07, 6.45) is 2.11. The van der Waals surface area contributed by atoms with Crippen molar-refractivity contribution < 1.29 is 0 Å². The van der Waals surface area contributed by atoms with E-state index in [1.54, 1.807) is 23.5 Å². The molecule has 6 heteroatoms. The first kappa shape index (κ1) is 25.7. The van der Waals surface area contributed by atoms with Crippen LogP contribution in [0.2, 0.25) is 10.0 Å². The van der Waals surface area contributed by atoms with Gasteiger partial charge >= 0.3 is 0 Å². The van der Waals surface area contributed by atoms with Crippen molar-refractivity contribution in [3.8, 4) is 11.3 Å².